The predicted octanol–water partition coefficient (Wildman–Crippen LogP) is 0.992. The predicted molar refractivity (Wildman–Crippen MR) is 111 cm³/mol. The van der Waals surface area contributed by atoms with Gasteiger partial charge in [-0.15, -0.1) is 0 Å². The number of rotatable bonds is 6. The van der Waals surface area contributed by atoms with Gasteiger partial charge in [0.1, 0.15) is 0 Å². The van der Waals surface area contributed by atoms with Gasteiger partial charge in [0.05, 0.1) is 21.9 Å². The third kappa shape index (κ3) is 3.93. The van der Waals surface area contributed by atoms with Crippen molar-refractivity contribution in [1.29, 1.82) is 0 Å². The molecule has 3 heterocycles. The van der Waals surface area contributed by atoms with Crippen molar-refractivity contribution in [2.45, 2.75) is 30.4 Å². The molecule has 158 valence electrons. The number of aromatic nitrogens is 3. The Labute approximate surface area is 173 Å². The zero-order valence-corrected chi connectivity index (χ0v) is 17.3. The molecule has 3 aromatic rings. The number of nitrogens with zero attached hydrogens (tertiary/aromatic N) is 3. The van der Waals surface area contributed by atoms with Crippen LogP contribution in [-0.2, 0) is 28.4 Å². The van der Waals surface area contributed by atoms with Gasteiger partial charge in [-0.3, -0.25) is 14.3 Å². The summed E-state index contributed by atoms with van der Waals surface area (Å²) in [5.41, 5.74) is -0.0131. The quantitative estimate of drug-likeness (QED) is 0.624. The molecular weight excluding hydrogens is 408 g/mol. The molecule has 0 spiro atoms. The van der Waals surface area contributed by atoms with Crippen LogP contribution in [0.25, 0.3) is 10.9 Å². The lowest BCUT2D eigenvalue weighted by molar-refractivity contribution is 0.0926. The van der Waals surface area contributed by atoms with Gasteiger partial charge in [-0.2, -0.15) is 4.31 Å². The first-order valence-corrected chi connectivity index (χ1v) is 11.0. The molecule has 30 heavy (non-hydrogen) atoms. The Bertz CT molecular complexity index is 1280. The Morgan fingerprint density at radius 2 is 2.00 bits per heavy atom. The van der Waals surface area contributed by atoms with Crippen molar-refractivity contribution in [2.75, 3.05) is 13.2 Å². The van der Waals surface area contributed by atoms with Gasteiger partial charge >= 0.3 is 5.69 Å². The second-order valence-electron chi connectivity index (χ2n) is 7.29. The van der Waals surface area contributed by atoms with E-state index in [2.05, 4.69) is 9.97 Å². The average molecular weight is 430 g/mol. The number of fused-ring (bicyclic) bond motifs is 1. The summed E-state index contributed by atoms with van der Waals surface area (Å²) in [5, 5.41) is 0.138. The molecule has 9 nitrogen and oxygen atoms in total. The van der Waals surface area contributed by atoms with Crippen molar-refractivity contribution >= 4 is 20.9 Å². The molecule has 1 aliphatic heterocycles. The number of hydrogen-bond acceptors (Lipinski definition) is 6. The lowest BCUT2D eigenvalue weighted by atomic mass is 10.2. The van der Waals surface area contributed by atoms with Crippen LogP contribution in [0.1, 0.15) is 18.4 Å². The molecule has 1 aliphatic rings. The fraction of sp³-hybridized carbons (Fsp3) is 0.350. The van der Waals surface area contributed by atoms with E-state index in [0.717, 1.165) is 23.0 Å². The van der Waals surface area contributed by atoms with Gasteiger partial charge in [-0.1, -0.05) is 0 Å². The van der Waals surface area contributed by atoms with Crippen molar-refractivity contribution in [3.05, 3.63) is 69.1 Å². The van der Waals surface area contributed by atoms with Crippen LogP contribution >= 0.6 is 0 Å². The maximum absolute atomic E-state index is 13.5. The summed E-state index contributed by atoms with van der Waals surface area (Å²) >= 11 is 0. The SMILES string of the molecule is Cn1c(=O)[nH]c2ccc(S(=O)(=O)N(Cc3ccncc3)CC3CCCO3)cc2c1=O. The first kappa shape index (κ1) is 20.5. The topological polar surface area (TPSA) is 114 Å². The Hall–Kier alpha value is -2.82. The summed E-state index contributed by atoms with van der Waals surface area (Å²) in [4.78, 5) is 30.8. The van der Waals surface area contributed by atoms with Crippen LogP contribution in [0.5, 0.6) is 0 Å². The Balaban J connectivity index is 1.76. The van der Waals surface area contributed by atoms with Crippen LogP contribution in [0, 0.1) is 0 Å². The van der Waals surface area contributed by atoms with Gasteiger partial charge in [0.2, 0.25) is 10.0 Å². The molecule has 0 radical (unpaired) electrons. The molecule has 4 rings (SSSR count). The molecule has 0 bridgehead atoms. The fourth-order valence-electron chi connectivity index (χ4n) is 3.55. The molecule has 0 aliphatic carbocycles. The average Bonchev–Trinajstić information content (AvgIpc) is 3.25. The van der Waals surface area contributed by atoms with Crippen LogP contribution in [0.3, 0.4) is 0 Å². The normalized spacial score (nSPS) is 17.1. The van der Waals surface area contributed by atoms with Gasteiger partial charge in [0.25, 0.3) is 5.56 Å². The standard InChI is InChI=1S/C20H22N4O5S/c1-23-19(25)17-11-16(4-5-18(17)22-20(23)26)30(27,28)24(13-15-3-2-10-29-15)12-14-6-8-21-9-7-14/h4-9,11,15H,2-3,10,12-13H2,1H3,(H,22,26). The first-order chi connectivity index (χ1) is 14.4. The van der Waals surface area contributed by atoms with Crippen LogP contribution in [0.2, 0.25) is 0 Å². The smallest absolute Gasteiger partial charge is 0.328 e. The number of H-pyrrole nitrogens is 1. The van der Waals surface area contributed by atoms with E-state index >= 15 is 0 Å². The number of benzene rings is 1. The molecular formula is C20H22N4O5S. The third-order valence-electron chi connectivity index (χ3n) is 5.25. The van der Waals surface area contributed by atoms with Gasteiger partial charge in [-0.25, -0.2) is 13.2 Å². The highest BCUT2D eigenvalue weighted by molar-refractivity contribution is 7.89. The van der Waals surface area contributed by atoms with Crippen LogP contribution in [-0.4, -0.2) is 46.5 Å². The summed E-state index contributed by atoms with van der Waals surface area (Å²) in [6.45, 7) is 0.992. The Morgan fingerprint density at radius 3 is 2.70 bits per heavy atom. The van der Waals surface area contributed by atoms with Crippen molar-refractivity contribution in [2.24, 2.45) is 7.05 Å². The molecule has 1 fully saturated rings. The zero-order chi connectivity index (χ0) is 21.3. The summed E-state index contributed by atoms with van der Waals surface area (Å²) in [7, 11) is -2.58. The highest BCUT2D eigenvalue weighted by Gasteiger charge is 2.29. The van der Waals surface area contributed by atoms with E-state index in [1.54, 1.807) is 24.5 Å². The minimum absolute atomic E-state index is 0.00815. The molecule has 1 atom stereocenters. The molecule has 10 heteroatoms. The second kappa shape index (κ2) is 8.13. The second-order valence-corrected chi connectivity index (χ2v) is 9.23. The Kier molecular flexibility index (Phi) is 5.54. The van der Waals surface area contributed by atoms with E-state index in [4.69, 9.17) is 4.74 Å². The minimum atomic E-state index is -3.93. The van der Waals surface area contributed by atoms with Crippen molar-refractivity contribution < 1.29 is 13.2 Å². The van der Waals surface area contributed by atoms with Gasteiger partial charge in [0.15, 0.2) is 0 Å². The van der Waals surface area contributed by atoms with Crippen LogP contribution in [0.4, 0.5) is 0 Å². The van der Waals surface area contributed by atoms with E-state index in [1.807, 2.05) is 0 Å². The number of aromatic amines is 1. The summed E-state index contributed by atoms with van der Waals surface area (Å²) < 4.78 is 35.0. The molecule has 0 amide bonds. The Morgan fingerprint density at radius 1 is 1.23 bits per heavy atom. The summed E-state index contributed by atoms with van der Waals surface area (Å²) in [6.07, 6.45) is 4.74. The van der Waals surface area contributed by atoms with Crippen molar-refractivity contribution in [3.63, 3.8) is 0 Å². The number of sulfonamides is 1. The number of hydrogen-bond donors (Lipinski definition) is 1. The molecule has 0 saturated carbocycles. The molecule has 1 saturated heterocycles. The van der Waals surface area contributed by atoms with Gasteiger partial charge in [0, 0.05) is 39.1 Å². The summed E-state index contributed by atoms with van der Waals surface area (Å²) in [5.74, 6) is 0. The molecule has 1 unspecified atom stereocenters. The lowest BCUT2D eigenvalue weighted by Gasteiger charge is -2.25. The van der Waals surface area contributed by atoms with E-state index in [-0.39, 0.29) is 29.5 Å². The van der Waals surface area contributed by atoms with E-state index < -0.39 is 21.3 Å². The maximum atomic E-state index is 13.5. The number of pyridine rings is 1. The highest BCUT2D eigenvalue weighted by atomic mass is 32.2. The monoisotopic (exact) mass is 430 g/mol. The van der Waals surface area contributed by atoms with E-state index in [1.165, 1.54) is 29.6 Å². The van der Waals surface area contributed by atoms with E-state index in [0.29, 0.717) is 12.1 Å². The molecule has 2 aromatic heterocycles. The van der Waals surface area contributed by atoms with E-state index in [9.17, 15) is 18.0 Å². The largest absolute Gasteiger partial charge is 0.377 e. The van der Waals surface area contributed by atoms with Crippen LogP contribution in [0.15, 0.2) is 57.2 Å². The van der Waals surface area contributed by atoms with Crippen LogP contribution < -0.4 is 11.2 Å². The fourth-order valence-corrected chi connectivity index (χ4v) is 5.03. The lowest BCUT2D eigenvalue weighted by Crippen LogP contribution is -2.37. The molecule has 1 N–H and O–H groups in total. The minimum Gasteiger partial charge on any atom is -0.377 e. The van der Waals surface area contributed by atoms with Gasteiger partial charge in [-0.05, 0) is 48.7 Å². The first-order valence-electron chi connectivity index (χ1n) is 9.60. The zero-order valence-electron chi connectivity index (χ0n) is 16.4. The summed E-state index contributed by atoms with van der Waals surface area (Å²) in [6, 6.07) is 7.69. The third-order valence-corrected chi connectivity index (χ3v) is 7.06. The van der Waals surface area contributed by atoms with Crippen molar-refractivity contribution in [1.82, 2.24) is 18.8 Å². The highest BCUT2D eigenvalue weighted by Crippen LogP contribution is 2.23. The maximum Gasteiger partial charge on any atom is 0.328 e. The van der Waals surface area contributed by atoms with Gasteiger partial charge < -0.3 is 9.72 Å². The molecule has 1 aromatic carbocycles. The number of nitrogens with one attached hydrogen (secondary N) is 1. The number of ether oxygens (including phenoxy) is 1. The van der Waals surface area contributed by atoms with Crippen molar-refractivity contribution in [3.8, 4) is 0 Å².